The van der Waals surface area contributed by atoms with Crippen molar-refractivity contribution in [1.82, 2.24) is 0 Å². The van der Waals surface area contributed by atoms with E-state index in [1.165, 1.54) is 6.42 Å². The van der Waals surface area contributed by atoms with Gasteiger partial charge in [-0.3, -0.25) is 0 Å². The highest BCUT2D eigenvalue weighted by Gasteiger charge is 2.42. The lowest BCUT2D eigenvalue weighted by molar-refractivity contribution is -0.0892. The first-order valence-electron chi connectivity index (χ1n) is 6.46. The summed E-state index contributed by atoms with van der Waals surface area (Å²) in [6.07, 6.45) is 3.43. The molecule has 1 fully saturated rings. The third-order valence-corrected chi connectivity index (χ3v) is 4.33. The number of rotatable bonds is 2. The van der Waals surface area contributed by atoms with Crippen molar-refractivity contribution < 1.29 is 9.84 Å². The van der Waals surface area contributed by atoms with E-state index >= 15 is 0 Å². The first-order valence-corrected chi connectivity index (χ1v) is 6.46. The predicted octanol–water partition coefficient (Wildman–Crippen LogP) is 3.34. The van der Waals surface area contributed by atoms with Crippen LogP contribution in [0.4, 0.5) is 0 Å². The smallest absolute Gasteiger partial charge is 0.118 e. The monoisotopic (exact) mass is 234 g/mol. The number of hydrogen-bond acceptors (Lipinski definition) is 2. The maximum absolute atomic E-state index is 11.0. The summed E-state index contributed by atoms with van der Waals surface area (Å²) in [4.78, 5) is 0. The fourth-order valence-electron chi connectivity index (χ4n) is 3.08. The van der Waals surface area contributed by atoms with Gasteiger partial charge in [0.1, 0.15) is 5.75 Å². The lowest BCUT2D eigenvalue weighted by Gasteiger charge is -2.43. The molecule has 1 aromatic carbocycles. The normalized spacial score (nSPS) is 33.4. The van der Waals surface area contributed by atoms with Crippen LogP contribution in [0.3, 0.4) is 0 Å². The van der Waals surface area contributed by atoms with Crippen LogP contribution < -0.4 is 4.74 Å². The fourth-order valence-corrected chi connectivity index (χ4v) is 3.08. The Kier molecular flexibility index (Phi) is 3.43. The van der Waals surface area contributed by atoms with Gasteiger partial charge in [-0.1, -0.05) is 32.4 Å². The van der Waals surface area contributed by atoms with Crippen LogP contribution in [0, 0.1) is 11.8 Å². The molecule has 0 spiro atoms. The zero-order chi connectivity index (χ0) is 12.5. The average Bonchev–Trinajstić information content (AvgIpc) is 2.36. The number of methoxy groups -OCH3 is 1. The Morgan fingerprint density at radius 1 is 1.12 bits per heavy atom. The molecule has 1 saturated carbocycles. The molecule has 2 heteroatoms. The SMILES string of the molecule is COc1ccc(C2(O)[C@H](C)CCC[C@@H]2C)cc1. The van der Waals surface area contributed by atoms with E-state index in [1.54, 1.807) is 7.11 Å². The number of benzene rings is 1. The molecular weight excluding hydrogens is 212 g/mol. The van der Waals surface area contributed by atoms with Gasteiger partial charge in [0, 0.05) is 0 Å². The molecule has 1 N–H and O–H groups in total. The molecule has 0 aromatic heterocycles. The standard InChI is InChI=1S/C15H22O2/c1-11-5-4-6-12(2)15(11,16)13-7-9-14(17-3)10-8-13/h7-12,16H,4-6H2,1-3H3/t11-,12+,15?. The van der Waals surface area contributed by atoms with Crippen molar-refractivity contribution in [3.63, 3.8) is 0 Å². The molecule has 2 rings (SSSR count). The molecule has 0 heterocycles. The van der Waals surface area contributed by atoms with Crippen molar-refractivity contribution in [3.05, 3.63) is 29.8 Å². The Hall–Kier alpha value is -1.02. The minimum Gasteiger partial charge on any atom is -0.497 e. The molecule has 94 valence electrons. The first kappa shape index (κ1) is 12.4. The molecule has 1 unspecified atom stereocenters. The lowest BCUT2D eigenvalue weighted by atomic mass is 9.66. The van der Waals surface area contributed by atoms with E-state index in [0.29, 0.717) is 11.8 Å². The molecule has 1 aliphatic rings. The van der Waals surface area contributed by atoms with Crippen LogP contribution in [0.2, 0.25) is 0 Å². The Balaban J connectivity index is 2.34. The second kappa shape index (κ2) is 4.69. The summed E-state index contributed by atoms with van der Waals surface area (Å²) in [5.41, 5.74) is 0.350. The van der Waals surface area contributed by atoms with Crippen LogP contribution in [0.1, 0.15) is 38.7 Å². The Morgan fingerprint density at radius 3 is 2.12 bits per heavy atom. The van der Waals surface area contributed by atoms with E-state index in [0.717, 1.165) is 24.2 Å². The van der Waals surface area contributed by atoms with E-state index in [9.17, 15) is 5.11 Å². The highest BCUT2D eigenvalue weighted by atomic mass is 16.5. The Labute approximate surface area is 104 Å². The summed E-state index contributed by atoms with van der Waals surface area (Å²) in [5, 5.41) is 11.0. The zero-order valence-corrected chi connectivity index (χ0v) is 10.9. The zero-order valence-electron chi connectivity index (χ0n) is 10.9. The van der Waals surface area contributed by atoms with Crippen LogP contribution in [0.15, 0.2) is 24.3 Å². The molecule has 2 nitrogen and oxygen atoms in total. The number of ether oxygens (including phenoxy) is 1. The van der Waals surface area contributed by atoms with Crippen molar-refractivity contribution >= 4 is 0 Å². The predicted molar refractivity (Wildman–Crippen MR) is 69.1 cm³/mol. The maximum Gasteiger partial charge on any atom is 0.118 e. The van der Waals surface area contributed by atoms with Gasteiger partial charge in [-0.15, -0.1) is 0 Å². The van der Waals surface area contributed by atoms with Gasteiger partial charge in [-0.25, -0.2) is 0 Å². The minimum atomic E-state index is -0.676. The van der Waals surface area contributed by atoms with Crippen molar-refractivity contribution in [2.45, 2.75) is 38.7 Å². The van der Waals surface area contributed by atoms with Crippen LogP contribution in [-0.2, 0) is 5.60 Å². The van der Waals surface area contributed by atoms with E-state index in [2.05, 4.69) is 13.8 Å². The van der Waals surface area contributed by atoms with Gasteiger partial charge in [0.15, 0.2) is 0 Å². The first-order chi connectivity index (χ1) is 8.09. The molecule has 1 aliphatic carbocycles. The third kappa shape index (κ3) is 2.06. The molecular formula is C15H22O2. The van der Waals surface area contributed by atoms with Crippen LogP contribution in [0.25, 0.3) is 0 Å². The van der Waals surface area contributed by atoms with E-state index < -0.39 is 5.60 Å². The lowest BCUT2D eigenvalue weighted by Crippen LogP contribution is -2.42. The molecule has 0 aliphatic heterocycles. The van der Waals surface area contributed by atoms with Crippen molar-refractivity contribution in [2.24, 2.45) is 11.8 Å². The van der Waals surface area contributed by atoms with Gasteiger partial charge in [-0.2, -0.15) is 0 Å². The molecule has 0 saturated heterocycles. The second-order valence-corrected chi connectivity index (χ2v) is 5.29. The summed E-state index contributed by atoms with van der Waals surface area (Å²) in [6, 6.07) is 7.86. The fraction of sp³-hybridized carbons (Fsp3) is 0.600. The van der Waals surface area contributed by atoms with Gasteiger partial charge >= 0.3 is 0 Å². The quantitative estimate of drug-likeness (QED) is 0.850. The van der Waals surface area contributed by atoms with Crippen molar-refractivity contribution in [2.75, 3.05) is 7.11 Å². The highest BCUT2D eigenvalue weighted by Crippen LogP contribution is 2.45. The minimum absolute atomic E-state index is 0.319. The molecule has 3 atom stereocenters. The topological polar surface area (TPSA) is 29.5 Å². The second-order valence-electron chi connectivity index (χ2n) is 5.29. The van der Waals surface area contributed by atoms with E-state index in [-0.39, 0.29) is 0 Å². The third-order valence-electron chi connectivity index (χ3n) is 4.33. The van der Waals surface area contributed by atoms with E-state index in [4.69, 9.17) is 4.74 Å². The van der Waals surface area contributed by atoms with Gasteiger partial charge < -0.3 is 9.84 Å². The van der Waals surface area contributed by atoms with Gasteiger partial charge in [0.25, 0.3) is 0 Å². The molecule has 0 amide bonds. The molecule has 1 aromatic rings. The Morgan fingerprint density at radius 2 is 1.65 bits per heavy atom. The highest BCUT2D eigenvalue weighted by molar-refractivity contribution is 5.32. The summed E-state index contributed by atoms with van der Waals surface area (Å²) in [7, 11) is 1.66. The van der Waals surface area contributed by atoms with E-state index in [1.807, 2.05) is 24.3 Å². The maximum atomic E-state index is 11.0. The van der Waals surface area contributed by atoms with Crippen molar-refractivity contribution in [1.29, 1.82) is 0 Å². The van der Waals surface area contributed by atoms with Crippen LogP contribution >= 0.6 is 0 Å². The van der Waals surface area contributed by atoms with Crippen molar-refractivity contribution in [3.8, 4) is 5.75 Å². The summed E-state index contributed by atoms with van der Waals surface area (Å²) in [6.45, 7) is 4.31. The summed E-state index contributed by atoms with van der Waals surface area (Å²) in [5.74, 6) is 1.48. The summed E-state index contributed by atoms with van der Waals surface area (Å²) >= 11 is 0. The molecule has 0 bridgehead atoms. The molecule has 17 heavy (non-hydrogen) atoms. The number of aliphatic hydroxyl groups is 1. The van der Waals surface area contributed by atoms with Gasteiger partial charge in [0.2, 0.25) is 0 Å². The Bertz CT molecular complexity index is 359. The number of hydrogen-bond donors (Lipinski definition) is 1. The molecule has 0 radical (unpaired) electrons. The average molecular weight is 234 g/mol. The van der Waals surface area contributed by atoms with Crippen LogP contribution in [-0.4, -0.2) is 12.2 Å². The van der Waals surface area contributed by atoms with Crippen LogP contribution in [0.5, 0.6) is 5.75 Å². The van der Waals surface area contributed by atoms with Gasteiger partial charge in [0.05, 0.1) is 12.7 Å². The largest absolute Gasteiger partial charge is 0.497 e. The van der Waals surface area contributed by atoms with Gasteiger partial charge in [-0.05, 0) is 42.4 Å². The summed E-state index contributed by atoms with van der Waals surface area (Å²) < 4.78 is 5.16.